The second-order valence-corrected chi connectivity index (χ2v) is 5.67. The van der Waals surface area contributed by atoms with E-state index in [0.29, 0.717) is 6.42 Å². The Bertz CT molecular complexity index is 444. The molecule has 0 fully saturated rings. The Morgan fingerprint density at radius 3 is 2.58 bits per heavy atom. The van der Waals surface area contributed by atoms with Crippen molar-refractivity contribution in [2.45, 2.75) is 45.4 Å². The van der Waals surface area contributed by atoms with Crippen LogP contribution in [0.25, 0.3) is 0 Å². The van der Waals surface area contributed by atoms with Crippen molar-refractivity contribution < 1.29 is 14.6 Å². The van der Waals surface area contributed by atoms with Gasteiger partial charge in [-0.3, -0.25) is 4.79 Å². The molecule has 140 valence electrons. The van der Waals surface area contributed by atoms with Crippen LogP contribution in [0.15, 0.2) is 24.3 Å². The standard InChI is InChI=1S/C18H29NO3.2ClH/c1-3-4-9-16(18(20)21)11-13-19-12-6-8-15-7-5-10-17(14-15)22-2;;/h5,7,10,14,16,19H,3-4,6,8-9,11-13H2,1-2H3,(H,20,21);2*1H. The molecule has 0 saturated heterocycles. The first-order valence-electron chi connectivity index (χ1n) is 8.23. The lowest BCUT2D eigenvalue weighted by Gasteiger charge is -2.12. The number of hydrogen-bond acceptors (Lipinski definition) is 3. The van der Waals surface area contributed by atoms with Gasteiger partial charge in [0.15, 0.2) is 0 Å². The van der Waals surface area contributed by atoms with E-state index >= 15 is 0 Å². The van der Waals surface area contributed by atoms with Gasteiger partial charge in [-0.25, -0.2) is 0 Å². The molecule has 0 saturated carbocycles. The molecule has 1 atom stereocenters. The van der Waals surface area contributed by atoms with E-state index in [9.17, 15) is 4.79 Å². The largest absolute Gasteiger partial charge is 0.497 e. The van der Waals surface area contributed by atoms with Crippen LogP contribution in [0.2, 0.25) is 0 Å². The molecule has 0 spiro atoms. The highest BCUT2D eigenvalue weighted by atomic mass is 35.5. The van der Waals surface area contributed by atoms with Gasteiger partial charge < -0.3 is 15.2 Å². The molecule has 0 aromatic heterocycles. The van der Waals surface area contributed by atoms with Gasteiger partial charge in [-0.2, -0.15) is 0 Å². The van der Waals surface area contributed by atoms with Gasteiger partial charge in [0.25, 0.3) is 0 Å². The molecule has 4 nitrogen and oxygen atoms in total. The van der Waals surface area contributed by atoms with Crippen LogP contribution in [0.4, 0.5) is 0 Å². The third-order valence-electron chi connectivity index (χ3n) is 3.88. The van der Waals surface area contributed by atoms with E-state index in [4.69, 9.17) is 9.84 Å². The SMILES string of the molecule is CCCCC(CCNCCCc1cccc(OC)c1)C(=O)O.Cl.Cl. The van der Waals surface area contributed by atoms with Crippen LogP contribution in [-0.2, 0) is 11.2 Å². The summed E-state index contributed by atoms with van der Waals surface area (Å²) in [6.07, 6.45) is 5.60. The van der Waals surface area contributed by atoms with Crippen molar-refractivity contribution in [2.24, 2.45) is 5.92 Å². The molecular weight excluding hydrogens is 349 g/mol. The van der Waals surface area contributed by atoms with Crippen LogP contribution < -0.4 is 10.1 Å². The van der Waals surface area contributed by atoms with Crippen molar-refractivity contribution in [1.82, 2.24) is 5.32 Å². The van der Waals surface area contributed by atoms with E-state index in [2.05, 4.69) is 24.4 Å². The molecular formula is C18H31Cl2NO3. The maximum Gasteiger partial charge on any atom is 0.306 e. The molecule has 1 aromatic rings. The minimum atomic E-state index is -0.661. The average molecular weight is 380 g/mol. The molecule has 1 rings (SSSR count). The number of aliphatic carboxylic acids is 1. The van der Waals surface area contributed by atoms with E-state index in [1.54, 1.807) is 7.11 Å². The van der Waals surface area contributed by atoms with E-state index in [-0.39, 0.29) is 30.7 Å². The zero-order chi connectivity index (χ0) is 16.2. The van der Waals surface area contributed by atoms with E-state index in [1.165, 1.54) is 5.56 Å². The first-order valence-corrected chi connectivity index (χ1v) is 8.23. The maximum absolute atomic E-state index is 11.1. The van der Waals surface area contributed by atoms with Gasteiger partial charge in [-0.15, -0.1) is 24.8 Å². The first kappa shape index (κ1) is 25.3. The Labute approximate surface area is 158 Å². The first-order chi connectivity index (χ1) is 10.7. The van der Waals surface area contributed by atoms with Crippen LogP contribution >= 0.6 is 24.8 Å². The summed E-state index contributed by atoms with van der Waals surface area (Å²) in [6.45, 7) is 3.78. The fraction of sp³-hybridized carbons (Fsp3) is 0.611. The highest BCUT2D eigenvalue weighted by Gasteiger charge is 2.15. The summed E-state index contributed by atoms with van der Waals surface area (Å²) >= 11 is 0. The smallest absolute Gasteiger partial charge is 0.306 e. The number of benzene rings is 1. The van der Waals surface area contributed by atoms with E-state index in [1.807, 2.05) is 12.1 Å². The van der Waals surface area contributed by atoms with Gasteiger partial charge in [0, 0.05) is 0 Å². The Morgan fingerprint density at radius 1 is 1.21 bits per heavy atom. The van der Waals surface area contributed by atoms with Crippen LogP contribution in [-0.4, -0.2) is 31.3 Å². The third kappa shape index (κ3) is 10.7. The normalized spacial score (nSPS) is 11.1. The second-order valence-electron chi connectivity index (χ2n) is 5.67. The average Bonchev–Trinajstić information content (AvgIpc) is 2.53. The lowest BCUT2D eigenvalue weighted by atomic mass is 9.99. The Balaban J connectivity index is 0. The van der Waals surface area contributed by atoms with Crippen LogP contribution in [0, 0.1) is 5.92 Å². The molecule has 0 bridgehead atoms. The lowest BCUT2D eigenvalue weighted by molar-refractivity contribution is -0.142. The van der Waals surface area contributed by atoms with Crippen LogP contribution in [0.1, 0.15) is 44.6 Å². The molecule has 1 unspecified atom stereocenters. The Hall–Kier alpha value is -0.970. The number of nitrogens with one attached hydrogen (secondary N) is 1. The fourth-order valence-electron chi connectivity index (χ4n) is 2.49. The van der Waals surface area contributed by atoms with Crippen molar-refractivity contribution in [3.8, 4) is 5.75 Å². The second kappa shape index (κ2) is 15.6. The topological polar surface area (TPSA) is 58.6 Å². The number of carbonyl (C=O) groups is 1. The van der Waals surface area contributed by atoms with Crippen molar-refractivity contribution in [3.63, 3.8) is 0 Å². The predicted molar refractivity (Wildman–Crippen MR) is 104 cm³/mol. The number of aryl methyl sites for hydroxylation is 1. The van der Waals surface area contributed by atoms with Gasteiger partial charge in [0.2, 0.25) is 0 Å². The molecule has 0 aliphatic rings. The monoisotopic (exact) mass is 379 g/mol. The Morgan fingerprint density at radius 2 is 1.96 bits per heavy atom. The number of ether oxygens (including phenoxy) is 1. The quantitative estimate of drug-likeness (QED) is 0.530. The van der Waals surface area contributed by atoms with Crippen molar-refractivity contribution >= 4 is 30.8 Å². The van der Waals surface area contributed by atoms with Crippen molar-refractivity contribution in [1.29, 1.82) is 0 Å². The van der Waals surface area contributed by atoms with Crippen molar-refractivity contribution in [2.75, 3.05) is 20.2 Å². The molecule has 1 aromatic carbocycles. The zero-order valence-electron chi connectivity index (χ0n) is 14.6. The van der Waals surface area contributed by atoms with Gasteiger partial charge in [-0.1, -0.05) is 31.9 Å². The minimum Gasteiger partial charge on any atom is -0.497 e. The number of carboxylic acids is 1. The molecule has 2 N–H and O–H groups in total. The number of methoxy groups -OCH3 is 1. The third-order valence-corrected chi connectivity index (χ3v) is 3.88. The number of hydrogen-bond donors (Lipinski definition) is 2. The summed E-state index contributed by atoms with van der Waals surface area (Å²) in [6, 6.07) is 8.12. The number of unbranched alkanes of at least 4 members (excludes halogenated alkanes) is 1. The predicted octanol–water partition coefficient (Wildman–Crippen LogP) is 4.34. The molecule has 6 heteroatoms. The summed E-state index contributed by atoms with van der Waals surface area (Å²) in [4.78, 5) is 11.1. The number of rotatable bonds is 12. The summed E-state index contributed by atoms with van der Waals surface area (Å²) in [5, 5.41) is 12.5. The molecule has 0 radical (unpaired) electrons. The maximum atomic E-state index is 11.1. The molecule has 0 heterocycles. The van der Waals surface area contributed by atoms with Gasteiger partial charge in [0.05, 0.1) is 13.0 Å². The van der Waals surface area contributed by atoms with Gasteiger partial charge in [-0.05, 0) is 56.5 Å². The highest BCUT2D eigenvalue weighted by Crippen LogP contribution is 2.14. The summed E-state index contributed by atoms with van der Waals surface area (Å²) < 4.78 is 5.21. The van der Waals surface area contributed by atoms with Gasteiger partial charge in [0.1, 0.15) is 5.75 Å². The summed E-state index contributed by atoms with van der Waals surface area (Å²) in [5.41, 5.74) is 1.27. The molecule has 0 aliphatic carbocycles. The summed E-state index contributed by atoms with van der Waals surface area (Å²) in [5.74, 6) is 0.0307. The molecule has 0 aliphatic heterocycles. The lowest BCUT2D eigenvalue weighted by Crippen LogP contribution is -2.23. The molecule has 24 heavy (non-hydrogen) atoms. The zero-order valence-corrected chi connectivity index (χ0v) is 16.3. The van der Waals surface area contributed by atoms with Crippen LogP contribution in [0.3, 0.4) is 0 Å². The van der Waals surface area contributed by atoms with Crippen LogP contribution in [0.5, 0.6) is 5.75 Å². The summed E-state index contributed by atoms with van der Waals surface area (Å²) in [7, 11) is 1.68. The highest BCUT2D eigenvalue weighted by molar-refractivity contribution is 5.85. The minimum absolute atomic E-state index is 0. The van der Waals surface area contributed by atoms with E-state index < -0.39 is 5.97 Å². The fourth-order valence-corrected chi connectivity index (χ4v) is 2.49. The van der Waals surface area contributed by atoms with Crippen molar-refractivity contribution in [3.05, 3.63) is 29.8 Å². The molecule has 0 amide bonds. The Kier molecular flexibility index (Phi) is 16.4. The van der Waals surface area contributed by atoms with Gasteiger partial charge >= 0.3 is 5.97 Å². The number of carboxylic acid groups (broad SMARTS) is 1. The number of halogens is 2. The van der Waals surface area contributed by atoms with E-state index in [0.717, 1.165) is 50.9 Å².